The number of benzene rings is 2. The summed E-state index contributed by atoms with van der Waals surface area (Å²) in [4.78, 5) is 47.9. The number of aryl methyl sites for hydroxylation is 4. The Balaban J connectivity index is 0.000000254. The van der Waals surface area contributed by atoms with Crippen LogP contribution in [0.5, 0.6) is 23.0 Å². The molecule has 2 aromatic heterocycles. The number of aromatic nitrogens is 2. The van der Waals surface area contributed by atoms with Crippen LogP contribution in [-0.2, 0) is 13.1 Å². The molecule has 0 amide bonds. The fraction of sp³-hybridized carbons (Fsp3) is 0.314. The molecule has 0 saturated heterocycles. The maximum atomic E-state index is 12.7. The Morgan fingerprint density at radius 2 is 1.11 bits per heavy atom. The zero-order valence-electron chi connectivity index (χ0n) is 27.2. The number of hydrogen-bond donors (Lipinski definition) is 1. The van der Waals surface area contributed by atoms with Crippen LogP contribution in [-0.4, -0.2) is 58.6 Å². The molecule has 244 valence electrons. The van der Waals surface area contributed by atoms with E-state index in [1.807, 2.05) is 24.7 Å². The number of pyridine rings is 2. The largest absolute Gasteiger partial charge is 0.504 e. The van der Waals surface area contributed by atoms with Gasteiger partial charge in [-0.25, -0.2) is 0 Å². The number of ketones is 2. The monoisotopic (exact) mass is 648 g/mol. The molecule has 4 aromatic rings. The van der Waals surface area contributed by atoms with Crippen LogP contribution in [0.4, 0.5) is 0 Å². The normalized spacial score (nSPS) is 10.5. The van der Waals surface area contributed by atoms with Crippen LogP contribution < -0.4 is 25.1 Å². The number of carbonyl (C=O) groups is 2. The molecule has 0 aliphatic carbocycles. The molecule has 2 heterocycles. The van der Waals surface area contributed by atoms with Gasteiger partial charge in [0.25, 0.3) is 0 Å². The number of phenolic OH excluding ortho intramolecular Hbond substituents is 1. The molecule has 0 fully saturated rings. The Morgan fingerprint density at radius 3 is 1.52 bits per heavy atom. The summed E-state index contributed by atoms with van der Waals surface area (Å²) in [7, 11) is 3.02. The second-order valence-corrected chi connectivity index (χ2v) is 11.5. The van der Waals surface area contributed by atoms with Crippen LogP contribution in [0.15, 0.2) is 70.3 Å². The lowest BCUT2D eigenvalue weighted by Gasteiger charge is -2.15. The third-order valence-electron chi connectivity index (χ3n) is 7.24. The maximum Gasteiger partial charge on any atom is 0.182 e. The van der Waals surface area contributed by atoms with Gasteiger partial charge >= 0.3 is 0 Å². The van der Waals surface area contributed by atoms with Crippen molar-refractivity contribution in [1.82, 2.24) is 9.13 Å². The van der Waals surface area contributed by atoms with Crippen LogP contribution in [0.1, 0.15) is 43.5 Å². The van der Waals surface area contributed by atoms with Crippen LogP contribution in [0.2, 0.25) is 0 Å². The number of Topliss-reactive ketones (excluding diaryl/α,β-unsaturated/α-hetero) is 2. The minimum absolute atomic E-state index is 0.0485. The summed E-state index contributed by atoms with van der Waals surface area (Å²) in [6.07, 6.45) is 2.01. The van der Waals surface area contributed by atoms with E-state index >= 15 is 0 Å². The number of hydrogen-bond acceptors (Lipinski definition) is 9. The highest BCUT2D eigenvalue weighted by molar-refractivity contribution is 7.98. The van der Waals surface area contributed by atoms with Crippen molar-refractivity contribution < 1.29 is 28.9 Å². The van der Waals surface area contributed by atoms with Crippen LogP contribution in [0, 0.1) is 27.7 Å². The molecule has 11 heteroatoms. The van der Waals surface area contributed by atoms with E-state index in [1.54, 1.807) is 67.6 Å². The van der Waals surface area contributed by atoms with E-state index in [0.717, 1.165) is 28.5 Å². The maximum absolute atomic E-state index is 12.7. The molecule has 0 aliphatic heterocycles. The summed E-state index contributed by atoms with van der Waals surface area (Å²) in [6, 6.07) is 15.8. The highest BCUT2D eigenvalue weighted by Crippen LogP contribution is 2.29. The first-order chi connectivity index (χ1) is 21.9. The van der Waals surface area contributed by atoms with E-state index in [-0.39, 0.29) is 41.3 Å². The van der Waals surface area contributed by atoms with Gasteiger partial charge in [0, 0.05) is 63.9 Å². The second-order valence-electron chi connectivity index (χ2n) is 10.6. The van der Waals surface area contributed by atoms with E-state index in [1.165, 1.54) is 37.4 Å². The van der Waals surface area contributed by atoms with Crippen molar-refractivity contribution in [3.05, 3.63) is 115 Å². The number of nitrogens with zero attached hydrogens (tertiary/aromatic N) is 2. The van der Waals surface area contributed by atoms with Gasteiger partial charge in [0.05, 0.1) is 33.9 Å². The SMILES string of the molecule is COc1ccc(C(=O)Cn2c(C)cc(=O)cc2C)cc1O.COc1ccc(C(=O)Cn2c(C)cc(=O)cc2C)cc1OCCSC. The van der Waals surface area contributed by atoms with Gasteiger partial charge in [0.15, 0.2) is 45.4 Å². The van der Waals surface area contributed by atoms with E-state index in [9.17, 15) is 24.3 Å². The molecule has 0 spiro atoms. The molecule has 0 unspecified atom stereocenters. The smallest absolute Gasteiger partial charge is 0.182 e. The Labute approximate surface area is 272 Å². The van der Waals surface area contributed by atoms with Gasteiger partial charge in [-0.1, -0.05) is 0 Å². The Morgan fingerprint density at radius 1 is 0.674 bits per heavy atom. The minimum Gasteiger partial charge on any atom is -0.504 e. The average molecular weight is 649 g/mol. The second kappa shape index (κ2) is 16.5. The van der Waals surface area contributed by atoms with Gasteiger partial charge in [-0.05, 0) is 70.3 Å². The van der Waals surface area contributed by atoms with Crippen molar-refractivity contribution in [3.8, 4) is 23.0 Å². The Bertz CT molecular complexity index is 1770. The van der Waals surface area contributed by atoms with Gasteiger partial charge in [0.1, 0.15) is 0 Å². The van der Waals surface area contributed by atoms with Gasteiger partial charge in [-0.2, -0.15) is 11.8 Å². The zero-order chi connectivity index (χ0) is 34.0. The third-order valence-corrected chi connectivity index (χ3v) is 7.82. The lowest BCUT2D eigenvalue weighted by Crippen LogP contribution is -2.18. The molecule has 2 aromatic carbocycles. The van der Waals surface area contributed by atoms with Crippen molar-refractivity contribution in [2.24, 2.45) is 0 Å². The summed E-state index contributed by atoms with van der Waals surface area (Å²) < 4.78 is 19.6. The number of ether oxygens (including phenoxy) is 3. The summed E-state index contributed by atoms with van der Waals surface area (Å²) in [5.41, 5.74) is 3.82. The number of thioether (sulfide) groups is 1. The molecule has 0 saturated carbocycles. The number of phenols is 1. The first-order valence-corrected chi connectivity index (χ1v) is 15.9. The molecular formula is C35H40N2O8S. The molecule has 1 N–H and O–H groups in total. The predicted molar refractivity (Wildman–Crippen MR) is 181 cm³/mol. The molecular weight excluding hydrogens is 608 g/mol. The summed E-state index contributed by atoms with van der Waals surface area (Å²) in [5.74, 6) is 2.08. The van der Waals surface area contributed by atoms with Gasteiger partial charge in [0.2, 0.25) is 0 Å². The summed E-state index contributed by atoms with van der Waals surface area (Å²) in [5, 5.41) is 9.73. The van der Waals surface area contributed by atoms with E-state index in [2.05, 4.69) is 0 Å². The van der Waals surface area contributed by atoms with Crippen molar-refractivity contribution in [1.29, 1.82) is 0 Å². The van der Waals surface area contributed by atoms with E-state index in [4.69, 9.17) is 14.2 Å². The number of methoxy groups -OCH3 is 2. The van der Waals surface area contributed by atoms with Crippen LogP contribution in [0.25, 0.3) is 0 Å². The van der Waals surface area contributed by atoms with Crippen molar-refractivity contribution in [2.75, 3.05) is 32.8 Å². The molecule has 0 bridgehead atoms. The first kappa shape index (κ1) is 35.7. The number of aromatic hydroxyl groups is 1. The quantitative estimate of drug-likeness (QED) is 0.164. The lowest BCUT2D eigenvalue weighted by atomic mass is 10.1. The summed E-state index contributed by atoms with van der Waals surface area (Å²) in [6.45, 7) is 8.06. The van der Waals surface area contributed by atoms with Crippen LogP contribution >= 0.6 is 11.8 Å². The van der Waals surface area contributed by atoms with Gasteiger partial charge < -0.3 is 28.5 Å². The molecule has 0 atom stereocenters. The van der Waals surface area contributed by atoms with Gasteiger partial charge in [-0.3, -0.25) is 19.2 Å². The van der Waals surface area contributed by atoms with E-state index in [0.29, 0.717) is 35.0 Å². The topological polar surface area (TPSA) is 126 Å². The Hall–Kier alpha value is -4.77. The van der Waals surface area contributed by atoms with Crippen molar-refractivity contribution in [2.45, 2.75) is 40.8 Å². The van der Waals surface area contributed by atoms with Gasteiger partial charge in [-0.15, -0.1) is 0 Å². The van der Waals surface area contributed by atoms with Crippen molar-refractivity contribution >= 4 is 23.3 Å². The zero-order valence-corrected chi connectivity index (χ0v) is 28.0. The molecule has 0 radical (unpaired) electrons. The van der Waals surface area contributed by atoms with Crippen molar-refractivity contribution in [3.63, 3.8) is 0 Å². The summed E-state index contributed by atoms with van der Waals surface area (Å²) >= 11 is 1.69. The molecule has 46 heavy (non-hydrogen) atoms. The number of carbonyl (C=O) groups excluding carboxylic acids is 2. The molecule has 10 nitrogen and oxygen atoms in total. The van der Waals surface area contributed by atoms with E-state index < -0.39 is 0 Å². The highest BCUT2D eigenvalue weighted by Gasteiger charge is 2.14. The highest BCUT2D eigenvalue weighted by atomic mass is 32.2. The first-order valence-electron chi connectivity index (χ1n) is 14.5. The minimum atomic E-state index is -0.150. The standard InChI is InChI=1S/C19H23NO4S.C16H17NO4/c1-13-9-16(21)10-14(2)20(13)12-17(22)15-5-6-18(23-3)19(11-15)24-7-8-25-4;1-10-6-13(18)7-11(2)17(10)9-15(20)12-4-5-16(21-3)14(19)8-12/h5-6,9-11H,7-8,12H2,1-4H3;4-8,19H,9H2,1-3H3. The lowest BCUT2D eigenvalue weighted by molar-refractivity contribution is 0.0962. The molecule has 0 aliphatic rings. The molecule has 4 rings (SSSR count). The van der Waals surface area contributed by atoms with Crippen LogP contribution in [0.3, 0.4) is 0 Å². The fourth-order valence-corrected chi connectivity index (χ4v) is 5.05. The third kappa shape index (κ3) is 9.37. The average Bonchev–Trinajstić information content (AvgIpc) is 3.00. The number of rotatable bonds is 12. The predicted octanol–water partition coefficient (Wildman–Crippen LogP) is 5.16. The fourth-order valence-electron chi connectivity index (χ4n) is 4.80. The Kier molecular flexibility index (Phi) is 12.8.